The molecule has 4 fully saturated rings. The molecule has 142 valence electrons. The summed E-state index contributed by atoms with van der Waals surface area (Å²) in [5.74, 6) is 3.12. The summed E-state index contributed by atoms with van der Waals surface area (Å²) in [7, 11) is 0. The van der Waals surface area contributed by atoms with Crippen LogP contribution in [0.5, 0.6) is 0 Å². The number of carbonyl (C=O) groups excluding carboxylic acids is 2. The fourth-order valence-electron chi connectivity index (χ4n) is 5.87. The van der Waals surface area contributed by atoms with Crippen molar-refractivity contribution in [2.45, 2.75) is 78.6 Å². The molecular formula is C21H36N2O2. The molecule has 0 spiro atoms. The summed E-state index contributed by atoms with van der Waals surface area (Å²) >= 11 is 0. The lowest BCUT2D eigenvalue weighted by molar-refractivity contribution is -0.128. The molecule has 2 amide bonds. The highest BCUT2D eigenvalue weighted by molar-refractivity contribution is 5.81. The molecule has 0 radical (unpaired) electrons. The van der Waals surface area contributed by atoms with Gasteiger partial charge in [-0.2, -0.15) is 0 Å². The third-order valence-electron chi connectivity index (χ3n) is 6.69. The topological polar surface area (TPSA) is 58.2 Å². The Bertz CT molecular complexity index is 471. The number of hydrogen-bond donors (Lipinski definition) is 2. The standard InChI is InChI=1S/C21H36N2O2/c1-20(2,3)19(25)23-7-4-5-18(24)22-8-6-21-12-15-9-16(13-21)11-17(10-15)14-21/h15-17H,4-14H2,1-3H3,(H,22,24)(H,23,25). The van der Waals surface area contributed by atoms with Crippen molar-refractivity contribution in [3.63, 3.8) is 0 Å². The maximum absolute atomic E-state index is 12.0. The summed E-state index contributed by atoms with van der Waals surface area (Å²) in [5.41, 5.74) is 0.183. The Kier molecular flexibility index (Phi) is 5.45. The van der Waals surface area contributed by atoms with Crippen molar-refractivity contribution in [1.82, 2.24) is 10.6 Å². The Morgan fingerprint density at radius 3 is 2.00 bits per heavy atom. The minimum absolute atomic E-state index is 0.0507. The van der Waals surface area contributed by atoms with Gasteiger partial charge in [0.25, 0.3) is 0 Å². The molecule has 4 rings (SSSR count). The van der Waals surface area contributed by atoms with Gasteiger partial charge < -0.3 is 10.6 Å². The van der Waals surface area contributed by atoms with Gasteiger partial charge in [0.05, 0.1) is 0 Å². The molecule has 4 nitrogen and oxygen atoms in total. The van der Waals surface area contributed by atoms with E-state index < -0.39 is 0 Å². The van der Waals surface area contributed by atoms with Crippen molar-refractivity contribution in [3.8, 4) is 0 Å². The lowest BCUT2D eigenvalue weighted by Crippen LogP contribution is -2.47. The van der Waals surface area contributed by atoms with Crippen LogP contribution in [0.4, 0.5) is 0 Å². The van der Waals surface area contributed by atoms with Gasteiger partial charge in [-0.1, -0.05) is 20.8 Å². The zero-order valence-electron chi connectivity index (χ0n) is 16.3. The van der Waals surface area contributed by atoms with Gasteiger partial charge in [0.2, 0.25) is 11.8 Å². The molecule has 0 heterocycles. The maximum Gasteiger partial charge on any atom is 0.225 e. The lowest BCUT2D eigenvalue weighted by Gasteiger charge is -2.57. The molecule has 4 aliphatic rings. The highest BCUT2D eigenvalue weighted by atomic mass is 16.2. The van der Waals surface area contributed by atoms with E-state index in [2.05, 4.69) is 10.6 Å². The van der Waals surface area contributed by atoms with Crippen LogP contribution in [-0.4, -0.2) is 24.9 Å². The molecule has 0 aromatic carbocycles. The summed E-state index contributed by atoms with van der Waals surface area (Å²) in [6.07, 6.45) is 11.1. The second-order valence-electron chi connectivity index (χ2n) is 10.1. The van der Waals surface area contributed by atoms with Crippen molar-refractivity contribution >= 4 is 11.8 Å². The SMILES string of the molecule is CC(C)(C)C(=O)NCCCC(=O)NCCC12CC3CC(CC(C3)C1)C2. The van der Waals surface area contributed by atoms with Crippen LogP contribution in [0.3, 0.4) is 0 Å². The first-order valence-electron chi connectivity index (χ1n) is 10.3. The quantitative estimate of drug-likeness (QED) is 0.690. The van der Waals surface area contributed by atoms with Crippen molar-refractivity contribution in [2.24, 2.45) is 28.6 Å². The van der Waals surface area contributed by atoms with E-state index >= 15 is 0 Å². The fourth-order valence-corrected chi connectivity index (χ4v) is 5.87. The van der Waals surface area contributed by atoms with Crippen LogP contribution < -0.4 is 10.6 Å². The van der Waals surface area contributed by atoms with Crippen LogP contribution in [0.1, 0.15) is 78.6 Å². The first-order valence-corrected chi connectivity index (χ1v) is 10.3. The molecule has 4 heteroatoms. The van der Waals surface area contributed by atoms with Crippen molar-refractivity contribution in [3.05, 3.63) is 0 Å². The average molecular weight is 349 g/mol. The van der Waals surface area contributed by atoms with Crippen LogP contribution in [0.15, 0.2) is 0 Å². The predicted octanol–water partition coefficient (Wildman–Crippen LogP) is 3.65. The summed E-state index contributed by atoms with van der Waals surface area (Å²) < 4.78 is 0. The van der Waals surface area contributed by atoms with Gasteiger partial charge in [-0.25, -0.2) is 0 Å². The molecule has 0 atom stereocenters. The molecule has 4 bridgehead atoms. The van der Waals surface area contributed by atoms with Crippen LogP contribution >= 0.6 is 0 Å². The molecule has 0 saturated heterocycles. The van der Waals surface area contributed by atoms with E-state index in [1.165, 1.54) is 44.9 Å². The van der Waals surface area contributed by atoms with E-state index in [0.29, 0.717) is 24.8 Å². The van der Waals surface area contributed by atoms with E-state index in [1.807, 2.05) is 20.8 Å². The van der Waals surface area contributed by atoms with E-state index in [4.69, 9.17) is 0 Å². The molecule has 0 aliphatic heterocycles. The van der Waals surface area contributed by atoms with Gasteiger partial charge in [-0.3, -0.25) is 9.59 Å². The normalized spacial score (nSPS) is 33.3. The zero-order chi connectivity index (χ0) is 18.1. The molecule has 4 saturated carbocycles. The first-order chi connectivity index (χ1) is 11.8. The highest BCUT2D eigenvalue weighted by Gasteiger charge is 2.50. The fraction of sp³-hybridized carbons (Fsp3) is 0.905. The van der Waals surface area contributed by atoms with Crippen molar-refractivity contribution in [1.29, 1.82) is 0 Å². The van der Waals surface area contributed by atoms with Crippen LogP contribution in [-0.2, 0) is 9.59 Å². The molecule has 25 heavy (non-hydrogen) atoms. The minimum atomic E-state index is -0.361. The van der Waals surface area contributed by atoms with Crippen molar-refractivity contribution in [2.75, 3.05) is 13.1 Å². The average Bonchev–Trinajstić information content (AvgIpc) is 2.48. The molecule has 4 aliphatic carbocycles. The second-order valence-corrected chi connectivity index (χ2v) is 10.1. The van der Waals surface area contributed by atoms with Gasteiger partial charge in [-0.05, 0) is 74.5 Å². The number of rotatable bonds is 7. The smallest absolute Gasteiger partial charge is 0.225 e. The van der Waals surface area contributed by atoms with Crippen LogP contribution in [0, 0.1) is 28.6 Å². The summed E-state index contributed by atoms with van der Waals surface area (Å²) in [4.78, 5) is 23.8. The lowest BCUT2D eigenvalue weighted by atomic mass is 9.49. The van der Waals surface area contributed by atoms with Gasteiger partial charge in [-0.15, -0.1) is 0 Å². The number of hydrogen-bond acceptors (Lipinski definition) is 2. The molecule has 2 N–H and O–H groups in total. The summed E-state index contributed by atoms with van der Waals surface area (Å²) in [6, 6.07) is 0. The Balaban J connectivity index is 1.30. The molecular weight excluding hydrogens is 312 g/mol. The molecule has 0 aromatic rings. The van der Waals surface area contributed by atoms with Gasteiger partial charge >= 0.3 is 0 Å². The number of nitrogens with one attached hydrogen (secondary N) is 2. The van der Waals surface area contributed by atoms with E-state index in [-0.39, 0.29) is 17.2 Å². The molecule has 0 aromatic heterocycles. The van der Waals surface area contributed by atoms with Crippen molar-refractivity contribution < 1.29 is 9.59 Å². The maximum atomic E-state index is 12.0. The number of amides is 2. The van der Waals surface area contributed by atoms with E-state index in [0.717, 1.165) is 24.3 Å². The van der Waals surface area contributed by atoms with Crippen LogP contribution in [0.25, 0.3) is 0 Å². The summed E-state index contributed by atoms with van der Waals surface area (Å²) in [6.45, 7) is 7.12. The Morgan fingerprint density at radius 2 is 1.48 bits per heavy atom. The van der Waals surface area contributed by atoms with Gasteiger partial charge in [0.1, 0.15) is 0 Å². The van der Waals surface area contributed by atoms with Gasteiger partial charge in [0.15, 0.2) is 0 Å². The predicted molar refractivity (Wildman–Crippen MR) is 99.9 cm³/mol. The monoisotopic (exact) mass is 348 g/mol. The van der Waals surface area contributed by atoms with E-state index in [1.54, 1.807) is 0 Å². The Hall–Kier alpha value is -1.06. The number of carbonyl (C=O) groups is 2. The van der Waals surface area contributed by atoms with Crippen LogP contribution in [0.2, 0.25) is 0 Å². The van der Waals surface area contributed by atoms with E-state index in [9.17, 15) is 9.59 Å². The molecule has 0 unspecified atom stereocenters. The minimum Gasteiger partial charge on any atom is -0.356 e. The first kappa shape index (κ1) is 18.7. The second kappa shape index (κ2) is 7.28. The Morgan fingerprint density at radius 1 is 0.920 bits per heavy atom. The highest BCUT2D eigenvalue weighted by Crippen LogP contribution is 2.61. The third-order valence-corrected chi connectivity index (χ3v) is 6.69. The summed E-state index contributed by atoms with van der Waals surface area (Å²) in [5, 5.41) is 6.03. The zero-order valence-corrected chi connectivity index (χ0v) is 16.3. The third kappa shape index (κ3) is 4.77. The Labute approximate surface area is 152 Å². The largest absolute Gasteiger partial charge is 0.356 e. The van der Waals surface area contributed by atoms with Gasteiger partial charge in [0, 0.05) is 24.9 Å².